The van der Waals surface area contributed by atoms with Gasteiger partial charge in [-0.3, -0.25) is 10.1 Å². The van der Waals surface area contributed by atoms with E-state index in [1.54, 1.807) is 17.5 Å². The molecule has 0 spiro atoms. The first kappa shape index (κ1) is 13.1. The molecule has 4 nitrogen and oxygen atoms in total. The second kappa shape index (κ2) is 6.60. The Labute approximate surface area is 100 Å². The Balaban J connectivity index is 2.38. The third-order valence-corrected chi connectivity index (χ3v) is 2.91. The lowest BCUT2D eigenvalue weighted by Gasteiger charge is -2.14. The van der Waals surface area contributed by atoms with E-state index < -0.39 is 0 Å². The fourth-order valence-corrected chi connectivity index (χ4v) is 2.12. The predicted octanol–water partition coefficient (Wildman–Crippen LogP) is 2.14. The maximum absolute atomic E-state index is 11.3. The number of aromatic nitrogens is 1. The highest BCUT2D eigenvalue weighted by Crippen LogP contribution is 2.18. The molecule has 0 aliphatic heterocycles. The van der Waals surface area contributed by atoms with Gasteiger partial charge in [-0.15, -0.1) is 11.3 Å². The summed E-state index contributed by atoms with van der Waals surface area (Å²) in [5.74, 6) is -0.218. The van der Waals surface area contributed by atoms with Crippen LogP contribution in [0.2, 0.25) is 0 Å². The first-order valence-electron chi connectivity index (χ1n) is 5.45. The van der Waals surface area contributed by atoms with Crippen molar-refractivity contribution >= 4 is 17.3 Å². The molecule has 1 aromatic rings. The zero-order valence-corrected chi connectivity index (χ0v) is 10.7. The smallest absolute Gasteiger partial charge is 0.320 e. The summed E-state index contributed by atoms with van der Waals surface area (Å²) < 4.78 is 5.04. The summed E-state index contributed by atoms with van der Waals surface area (Å²) in [6.45, 7) is 5.98. The molecule has 16 heavy (non-hydrogen) atoms. The summed E-state index contributed by atoms with van der Waals surface area (Å²) in [5.41, 5.74) is 0. The summed E-state index contributed by atoms with van der Waals surface area (Å²) in [6.07, 6.45) is 2.62. The first-order chi connectivity index (χ1) is 7.63. The molecular formula is C11H18N2O2S. The van der Waals surface area contributed by atoms with Crippen LogP contribution in [-0.2, 0) is 9.53 Å². The van der Waals surface area contributed by atoms with Gasteiger partial charge in [-0.1, -0.05) is 6.92 Å². The van der Waals surface area contributed by atoms with Crippen LogP contribution in [0.3, 0.4) is 0 Å². The van der Waals surface area contributed by atoms with E-state index >= 15 is 0 Å². The van der Waals surface area contributed by atoms with Crippen molar-refractivity contribution in [3.8, 4) is 0 Å². The van der Waals surface area contributed by atoms with Crippen LogP contribution in [-0.4, -0.2) is 23.6 Å². The van der Waals surface area contributed by atoms with Crippen LogP contribution in [0, 0.1) is 0 Å². The highest BCUT2D eigenvalue weighted by atomic mass is 32.1. The number of carbonyl (C=O) groups is 1. The Morgan fingerprint density at radius 3 is 2.88 bits per heavy atom. The number of esters is 1. The van der Waals surface area contributed by atoms with Gasteiger partial charge in [-0.05, 0) is 20.3 Å². The Morgan fingerprint density at radius 1 is 1.62 bits per heavy atom. The maximum atomic E-state index is 11.3. The Bertz CT molecular complexity index is 312. The molecule has 1 unspecified atom stereocenters. The average Bonchev–Trinajstić information content (AvgIpc) is 2.71. The monoisotopic (exact) mass is 242 g/mol. The molecule has 1 heterocycles. The van der Waals surface area contributed by atoms with Gasteiger partial charge in [0, 0.05) is 11.6 Å². The van der Waals surface area contributed by atoms with Crippen molar-refractivity contribution in [2.75, 3.05) is 6.54 Å². The summed E-state index contributed by atoms with van der Waals surface area (Å²) in [5, 5.41) is 6.10. The fraction of sp³-hybridized carbons (Fsp3) is 0.636. The summed E-state index contributed by atoms with van der Waals surface area (Å²) in [4.78, 5) is 15.6. The van der Waals surface area contributed by atoms with Gasteiger partial charge >= 0.3 is 5.97 Å². The van der Waals surface area contributed by atoms with Gasteiger partial charge in [0.05, 0.1) is 18.7 Å². The van der Waals surface area contributed by atoms with Crippen LogP contribution in [0.25, 0.3) is 0 Å². The van der Waals surface area contributed by atoms with E-state index in [4.69, 9.17) is 4.74 Å². The minimum atomic E-state index is -0.218. The van der Waals surface area contributed by atoms with Crippen LogP contribution < -0.4 is 5.32 Å². The van der Waals surface area contributed by atoms with Crippen LogP contribution in [0.4, 0.5) is 0 Å². The minimum absolute atomic E-state index is 0.0609. The quantitative estimate of drug-likeness (QED) is 0.776. The van der Waals surface area contributed by atoms with Gasteiger partial charge in [-0.25, -0.2) is 4.98 Å². The summed E-state index contributed by atoms with van der Waals surface area (Å²) in [7, 11) is 0. The molecular weight excluding hydrogens is 224 g/mol. The number of nitrogens with zero attached hydrogens (tertiary/aromatic N) is 1. The Kier molecular flexibility index (Phi) is 5.42. The van der Waals surface area contributed by atoms with E-state index in [0.29, 0.717) is 0 Å². The number of carbonyl (C=O) groups excluding carboxylic acids is 1. The normalized spacial score (nSPS) is 12.8. The van der Waals surface area contributed by atoms with Gasteiger partial charge in [0.15, 0.2) is 0 Å². The van der Waals surface area contributed by atoms with Crippen LogP contribution in [0.15, 0.2) is 11.6 Å². The second-order valence-electron chi connectivity index (χ2n) is 3.75. The van der Waals surface area contributed by atoms with Crippen molar-refractivity contribution in [1.29, 1.82) is 0 Å². The molecule has 0 amide bonds. The summed E-state index contributed by atoms with van der Waals surface area (Å²) >= 11 is 1.60. The number of nitrogens with one attached hydrogen (secondary N) is 1. The molecule has 0 aromatic carbocycles. The van der Waals surface area contributed by atoms with Crippen molar-refractivity contribution < 1.29 is 9.53 Å². The molecule has 0 aliphatic carbocycles. The molecule has 1 N–H and O–H groups in total. The topological polar surface area (TPSA) is 51.2 Å². The van der Waals surface area contributed by atoms with E-state index in [-0.39, 0.29) is 24.7 Å². The number of ether oxygens (including phenoxy) is 1. The zero-order valence-electron chi connectivity index (χ0n) is 9.90. The Hall–Kier alpha value is -0.940. The van der Waals surface area contributed by atoms with Gasteiger partial charge in [0.1, 0.15) is 5.01 Å². The van der Waals surface area contributed by atoms with E-state index in [1.165, 1.54) is 0 Å². The van der Waals surface area contributed by atoms with E-state index in [0.717, 1.165) is 11.4 Å². The lowest BCUT2D eigenvalue weighted by atomic mass is 10.2. The predicted molar refractivity (Wildman–Crippen MR) is 64.4 cm³/mol. The molecule has 90 valence electrons. The van der Waals surface area contributed by atoms with E-state index in [2.05, 4.69) is 17.2 Å². The molecule has 0 saturated carbocycles. The number of hydrogen-bond donors (Lipinski definition) is 1. The third kappa shape index (κ3) is 4.28. The number of hydrogen-bond acceptors (Lipinski definition) is 5. The average molecular weight is 242 g/mol. The molecule has 0 bridgehead atoms. The number of thiazole rings is 1. The van der Waals surface area contributed by atoms with Gasteiger partial charge in [-0.2, -0.15) is 0 Å². The molecule has 1 aromatic heterocycles. The van der Waals surface area contributed by atoms with E-state index in [9.17, 15) is 4.79 Å². The van der Waals surface area contributed by atoms with Gasteiger partial charge in [0.2, 0.25) is 0 Å². The Morgan fingerprint density at radius 2 is 2.38 bits per heavy atom. The second-order valence-corrected chi connectivity index (χ2v) is 4.68. The molecule has 5 heteroatoms. The highest BCUT2D eigenvalue weighted by molar-refractivity contribution is 7.09. The lowest BCUT2D eigenvalue weighted by Crippen LogP contribution is -2.29. The highest BCUT2D eigenvalue weighted by Gasteiger charge is 2.13. The standard InChI is InChI=1S/C11H18N2O2S/c1-4-9(11-12-5-6-16-11)13-7-10(14)15-8(2)3/h5-6,8-9,13H,4,7H2,1-3H3. The van der Waals surface area contributed by atoms with E-state index in [1.807, 2.05) is 19.2 Å². The number of rotatable bonds is 6. The molecule has 1 atom stereocenters. The molecule has 0 aliphatic rings. The maximum Gasteiger partial charge on any atom is 0.320 e. The van der Waals surface area contributed by atoms with Gasteiger partial charge in [0.25, 0.3) is 0 Å². The molecule has 0 saturated heterocycles. The zero-order chi connectivity index (χ0) is 12.0. The van der Waals surface area contributed by atoms with Crippen LogP contribution in [0.5, 0.6) is 0 Å². The van der Waals surface area contributed by atoms with Crippen molar-refractivity contribution in [2.45, 2.75) is 39.3 Å². The SMILES string of the molecule is CCC(NCC(=O)OC(C)C)c1nccs1. The van der Waals surface area contributed by atoms with Gasteiger partial charge < -0.3 is 4.74 Å². The van der Waals surface area contributed by atoms with Crippen molar-refractivity contribution in [3.63, 3.8) is 0 Å². The lowest BCUT2D eigenvalue weighted by molar-refractivity contribution is -0.146. The fourth-order valence-electron chi connectivity index (χ4n) is 1.32. The van der Waals surface area contributed by atoms with Crippen LogP contribution in [0.1, 0.15) is 38.2 Å². The van der Waals surface area contributed by atoms with Crippen molar-refractivity contribution in [3.05, 3.63) is 16.6 Å². The van der Waals surface area contributed by atoms with Crippen molar-refractivity contribution in [2.24, 2.45) is 0 Å². The molecule has 0 radical (unpaired) electrons. The third-order valence-electron chi connectivity index (χ3n) is 2.02. The summed E-state index contributed by atoms with van der Waals surface area (Å²) in [6, 6.07) is 0.139. The minimum Gasteiger partial charge on any atom is -0.462 e. The molecule has 1 rings (SSSR count). The molecule has 0 fully saturated rings. The first-order valence-corrected chi connectivity index (χ1v) is 6.33. The van der Waals surface area contributed by atoms with Crippen LogP contribution >= 0.6 is 11.3 Å². The van der Waals surface area contributed by atoms with Crippen molar-refractivity contribution in [1.82, 2.24) is 10.3 Å². The largest absolute Gasteiger partial charge is 0.462 e.